The van der Waals surface area contributed by atoms with Crippen LogP contribution in [0.15, 0.2) is 49.0 Å². The predicted octanol–water partition coefficient (Wildman–Crippen LogP) is 3.34. The summed E-state index contributed by atoms with van der Waals surface area (Å²) in [6.07, 6.45) is 2.92. The quantitative estimate of drug-likeness (QED) is 0.562. The maximum atomic E-state index is 11.7. The summed E-state index contributed by atoms with van der Waals surface area (Å²) in [4.78, 5) is 11.7. The minimum Gasteiger partial charge on any atom is -0.497 e. The Morgan fingerprint density at radius 3 is 2.73 bits per heavy atom. The number of carbonyl (C=O) groups excluding carboxylic acids is 1. The molecule has 1 heterocycles. The van der Waals surface area contributed by atoms with Gasteiger partial charge >= 0.3 is 0 Å². The van der Waals surface area contributed by atoms with E-state index in [1.807, 2.05) is 0 Å². The maximum Gasteiger partial charge on any atom is 0.277 e. The van der Waals surface area contributed by atoms with Crippen LogP contribution in [0, 0.1) is 0 Å². The third-order valence-electron chi connectivity index (χ3n) is 2.48. The number of hydrazone groups is 1. The van der Waals surface area contributed by atoms with Crippen LogP contribution in [0.1, 0.15) is 5.76 Å². The smallest absolute Gasteiger partial charge is 0.277 e. The highest BCUT2D eigenvalue weighted by Gasteiger charge is 2.11. The molecule has 0 aliphatic carbocycles. The lowest BCUT2D eigenvalue weighted by atomic mass is 10.3. The van der Waals surface area contributed by atoms with Crippen molar-refractivity contribution in [3.63, 3.8) is 0 Å². The Bertz CT molecular complexity index is 648. The van der Waals surface area contributed by atoms with Gasteiger partial charge in [-0.25, -0.2) is 5.43 Å². The Balaban J connectivity index is 1.88. The molecule has 0 fully saturated rings. The Labute approximate surface area is 143 Å². The van der Waals surface area contributed by atoms with E-state index in [4.69, 9.17) is 13.9 Å². The maximum absolute atomic E-state index is 11.7. The summed E-state index contributed by atoms with van der Waals surface area (Å²) in [6, 6.07) is 6.93. The molecule has 0 radical (unpaired) electrons. The molecule has 1 aromatic heterocycles. The van der Waals surface area contributed by atoms with Crippen LogP contribution in [0.25, 0.3) is 0 Å². The highest BCUT2D eigenvalue weighted by molar-refractivity contribution is 9.11. The van der Waals surface area contributed by atoms with Crippen molar-refractivity contribution < 1.29 is 18.7 Å². The molecule has 0 atom stereocenters. The average Bonchev–Trinajstić information content (AvgIpc) is 2.99. The lowest BCUT2D eigenvalue weighted by molar-refractivity contribution is -0.123. The first-order chi connectivity index (χ1) is 10.6. The molecule has 0 aliphatic heterocycles. The SMILES string of the molecule is COc1cc(Br)c(OCC(=O)N/N=C/c2ccco2)c(Br)c1. The Morgan fingerprint density at radius 2 is 2.14 bits per heavy atom. The van der Waals surface area contributed by atoms with Crippen molar-refractivity contribution in [1.82, 2.24) is 5.43 Å². The summed E-state index contributed by atoms with van der Waals surface area (Å²) in [6.45, 7) is -0.182. The first kappa shape index (κ1) is 16.6. The van der Waals surface area contributed by atoms with Gasteiger partial charge in [-0.3, -0.25) is 4.79 Å². The highest BCUT2D eigenvalue weighted by atomic mass is 79.9. The van der Waals surface area contributed by atoms with Crippen molar-refractivity contribution in [2.45, 2.75) is 0 Å². The van der Waals surface area contributed by atoms with Crippen LogP contribution in [0.4, 0.5) is 0 Å². The van der Waals surface area contributed by atoms with E-state index in [0.717, 1.165) is 0 Å². The van der Waals surface area contributed by atoms with E-state index in [1.54, 1.807) is 31.4 Å². The number of rotatable bonds is 6. The number of hydrogen-bond donors (Lipinski definition) is 1. The second-order valence-corrected chi connectivity index (χ2v) is 5.73. The molecule has 0 saturated heterocycles. The minimum atomic E-state index is -0.391. The zero-order chi connectivity index (χ0) is 15.9. The van der Waals surface area contributed by atoms with E-state index >= 15 is 0 Å². The largest absolute Gasteiger partial charge is 0.497 e. The van der Waals surface area contributed by atoms with Gasteiger partial charge < -0.3 is 13.9 Å². The lowest BCUT2D eigenvalue weighted by Crippen LogP contribution is -2.24. The average molecular weight is 432 g/mol. The summed E-state index contributed by atoms with van der Waals surface area (Å²) in [5.41, 5.74) is 2.34. The van der Waals surface area contributed by atoms with Crippen LogP contribution >= 0.6 is 31.9 Å². The normalized spacial score (nSPS) is 10.7. The predicted molar refractivity (Wildman–Crippen MR) is 88.3 cm³/mol. The molecule has 2 aromatic rings. The van der Waals surface area contributed by atoms with Crippen molar-refractivity contribution in [2.24, 2.45) is 5.10 Å². The van der Waals surface area contributed by atoms with Gasteiger partial charge in [0.25, 0.3) is 5.91 Å². The molecule has 0 aliphatic rings. The number of hydrogen-bond acceptors (Lipinski definition) is 5. The first-order valence-corrected chi connectivity index (χ1v) is 7.70. The van der Waals surface area contributed by atoms with Gasteiger partial charge in [0.15, 0.2) is 6.61 Å². The van der Waals surface area contributed by atoms with E-state index in [9.17, 15) is 4.79 Å². The second-order valence-electron chi connectivity index (χ2n) is 4.02. The van der Waals surface area contributed by atoms with Gasteiger partial charge in [0.05, 0.1) is 28.5 Å². The Hall–Kier alpha value is -1.80. The van der Waals surface area contributed by atoms with Crippen molar-refractivity contribution in [3.8, 4) is 11.5 Å². The zero-order valence-electron chi connectivity index (χ0n) is 11.5. The van der Waals surface area contributed by atoms with Gasteiger partial charge in [0, 0.05) is 0 Å². The van der Waals surface area contributed by atoms with E-state index < -0.39 is 5.91 Å². The fourth-order valence-corrected chi connectivity index (χ4v) is 2.87. The van der Waals surface area contributed by atoms with Gasteiger partial charge in [-0.1, -0.05) is 0 Å². The third kappa shape index (κ3) is 4.60. The van der Waals surface area contributed by atoms with E-state index in [2.05, 4.69) is 42.4 Å². The van der Waals surface area contributed by atoms with Gasteiger partial charge in [0.1, 0.15) is 17.3 Å². The Kier molecular flexibility index (Phi) is 6.02. The third-order valence-corrected chi connectivity index (χ3v) is 3.66. The summed E-state index contributed by atoms with van der Waals surface area (Å²) in [5.74, 6) is 1.32. The molecule has 0 spiro atoms. The van der Waals surface area contributed by atoms with Gasteiger partial charge in [-0.05, 0) is 56.1 Å². The van der Waals surface area contributed by atoms with Crippen molar-refractivity contribution >= 4 is 44.0 Å². The van der Waals surface area contributed by atoms with Crippen LogP contribution in [0.5, 0.6) is 11.5 Å². The van der Waals surface area contributed by atoms with Crippen LogP contribution in [0.2, 0.25) is 0 Å². The molecule has 0 unspecified atom stereocenters. The molecule has 6 nitrogen and oxygen atoms in total. The van der Waals surface area contributed by atoms with Crippen molar-refractivity contribution in [1.29, 1.82) is 0 Å². The fraction of sp³-hybridized carbons (Fsp3) is 0.143. The summed E-state index contributed by atoms with van der Waals surface area (Å²) < 4.78 is 17.0. The highest BCUT2D eigenvalue weighted by Crippen LogP contribution is 2.37. The van der Waals surface area contributed by atoms with Crippen LogP contribution in [-0.4, -0.2) is 25.8 Å². The molecule has 1 aromatic carbocycles. The van der Waals surface area contributed by atoms with Gasteiger partial charge in [-0.2, -0.15) is 5.10 Å². The summed E-state index contributed by atoms with van der Waals surface area (Å²) in [5, 5.41) is 3.76. The number of nitrogens with zero attached hydrogens (tertiary/aromatic N) is 1. The second kappa shape index (κ2) is 8.00. The number of amides is 1. The van der Waals surface area contributed by atoms with Crippen LogP contribution in [-0.2, 0) is 4.79 Å². The number of ether oxygens (including phenoxy) is 2. The van der Waals surface area contributed by atoms with Gasteiger partial charge in [0.2, 0.25) is 0 Å². The van der Waals surface area contributed by atoms with Crippen LogP contribution < -0.4 is 14.9 Å². The fourth-order valence-electron chi connectivity index (χ4n) is 1.49. The number of benzene rings is 1. The molecule has 0 bridgehead atoms. The van der Waals surface area contributed by atoms with Crippen LogP contribution in [0.3, 0.4) is 0 Å². The molecule has 1 N–H and O–H groups in total. The van der Waals surface area contributed by atoms with Gasteiger partial charge in [-0.15, -0.1) is 0 Å². The molecule has 8 heteroatoms. The number of nitrogens with one attached hydrogen (secondary N) is 1. The summed E-state index contributed by atoms with van der Waals surface area (Å²) >= 11 is 6.72. The number of methoxy groups -OCH3 is 1. The molecule has 22 heavy (non-hydrogen) atoms. The molecule has 2 rings (SSSR count). The van der Waals surface area contributed by atoms with Crippen molar-refractivity contribution in [3.05, 3.63) is 45.2 Å². The van der Waals surface area contributed by atoms with E-state index in [0.29, 0.717) is 26.2 Å². The number of halogens is 2. The molecule has 1 amide bonds. The monoisotopic (exact) mass is 430 g/mol. The molecule has 0 saturated carbocycles. The molecule has 116 valence electrons. The summed E-state index contributed by atoms with van der Waals surface area (Å²) in [7, 11) is 1.57. The minimum absolute atomic E-state index is 0.182. The number of furan rings is 1. The standard InChI is InChI=1S/C14H12Br2N2O4/c1-20-10-5-11(15)14(12(16)6-10)22-8-13(19)18-17-7-9-3-2-4-21-9/h2-7H,8H2,1H3,(H,18,19)/b17-7+. The van der Waals surface area contributed by atoms with E-state index in [-0.39, 0.29) is 6.61 Å². The molecular formula is C14H12Br2N2O4. The first-order valence-electron chi connectivity index (χ1n) is 6.11. The number of carbonyl (C=O) groups is 1. The van der Waals surface area contributed by atoms with E-state index in [1.165, 1.54) is 12.5 Å². The lowest BCUT2D eigenvalue weighted by Gasteiger charge is -2.11. The van der Waals surface area contributed by atoms with Crippen molar-refractivity contribution in [2.75, 3.05) is 13.7 Å². The zero-order valence-corrected chi connectivity index (χ0v) is 14.7. The molecular weight excluding hydrogens is 420 g/mol. The topological polar surface area (TPSA) is 73.1 Å². The Morgan fingerprint density at radius 1 is 1.41 bits per heavy atom.